The first-order chi connectivity index (χ1) is 11.1. The molecule has 0 spiro atoms. The van der Waals surface area contributed by atoms with Crippen molar-refractivity contribution in [3.8, 4) is 0 Å². The standard InChI is InChI=1S/C16H27N5O2/c1-12(16(22)19-7-9-23-10-8-19)20-6-4-5-15(20)11-21-14(3)17-13(2)18-21/h12,15H,4-11H2,1-3H3/t12-,15+/m0/s1. The van der Waals surface area contributed by atoms with Crippen molar-refractivity contribution in [2.45, 2.75) is 52.2 Å². The summed E-state index contributed by atoms with van der Waals surface area (Å²) < 4.78 is 7.32. The van der Waals surface area contributed by atoms with Gasteiger partial charge in [-0.25, -0.2) is 9.67 Å². The molecule has 23 heavy (non-hydrogen) atoms. The molecule has 7 nitrogen and oxygen atoms in total. The van der Waals surface area contributed by atoms with Gasteiger partial charge in [0.15, 0.2) is 0 Å². The number of morpholine rings is 1. The summed E-state index contributed by atoms with van der Waals surface area (Å²) in [6.07, 6.45) is 2.25. The summed E-state index contributed by atoms with van der Waals surface area (Å²) in [5, 5.41) is 4.47. The van der Waals surface area contributed by atoms with Crippen LogP contribution in [0.3, 0.4) is 0 Å². The molecule has 2 saturated heterocycles. The summed E-state index contributed by atoms with van der Waals surface area (Å²) >= 11 is 0. The Morgan fingerprint density at radius 1 is 1.30 bits per heavy atom. The van der Waals surface area contributed by atoms with Gasteiger partial charge in [0.2, 0.25) is 5.91 Å². The molecule has 1 aromatic rings. The number of rotatable bonds is 4. The molecule has 0 saturated carbocycles. The van der Waals surface area contributed by atoms with Gasteiger partial charge in [-0.05, 0) is 40.2 Å². The summed E-state index contributed by atoms with van der Waals surface area (Å²) in [6.45, 7) is 10.5. The quantitative estimate of drug-likeness (QED) is 0.813. The maximum atomic E-state index is 12.7. The first kappa shape index (κ1) is 16.4. The highest BCUT2D eigenvalue weighted by Gasteiger charge is 2.34. The Balaban J connectivity index is 1.65. The van der Waals surface area contributed by atoms with Crippen LogP contribution in [0.4, 0.5) is 0 Å². The van der Waals surface area contributed by atoms with Crippen molar-refractivity contribution in [1.29, 1.82) is 0 Å². The molecule has 2 atom stereocenters. The minimum absolute atomic E-state index is 0.0782. The average Bonchev–Trinajstić information content (AvgIpc) is 3.13. The molecular formula is C16H27N5O2. The Labute approximate surface area is 137 Å². The smallest absolute Gasteiger partial charge is 0.239 e. The SMILES string of the molecule is Cc1nc(C)n(C[C@H]2CCCN2[C@@H](C)C(=O)N2CCOCC2)n1. The number of carbonyl (C=O) groups excluding carboxylic acids is 1. The van der Waals surface area contributed by atoms with E-state index in [0.717, 1.165) is 37.6 Å². The molecule has 7 heteroatoms. The van der Waals surface area contributed by atoms with Crippen LogP contribution < -0.4 is 0 Å². The van der Waals surface area contributed by atoms with Gasteiger partial charge in [-0.2, -0.15) is 5.10 Å². The number of aromatic nitrogens is 3. The molecule has 0 unspecified atom stereocenters. The van der Waals surface area contributed by atoms with E-state index in [1.165, 1.54) is 0 Å². The molecule has 2 aliphatic rings. The fraction of sp³-hybridized carbons (Fsp3) is 0.812. The second kappa shape index (κ2) is 6.97. The van der Waals surface area contributed by atoms with Crippen LogP contribution in [0.25, 0.3) is 0 Å². The Kier molecular flexibility index (Phi) is 4.96. The molecule has 2 aliphatic heterocycles. The molecule has 0 N–H and O–H groups in total. The molecule has 128 valence electrons. The molecule has 1 amide bonds. The minimum Gasteiger partial charge on any atom is -0.378 e. The number of hydrogen-bond acceptors (Lipinski definition) is 5. The van der Waals surface area contributed by atoms with Crippen molar-refractivity contribution in [2.75, 3.05) is 32.8 Å². The van der Waals surface area contributed by atoms with Crippen LogP contribution in [0.15, 0.2) is 0 Å². The van der Waals surface area contributed by atoms with E-state index in [1.807, 2.05) is 30.4 Å². The second-order valence-corrected chi connectivity index (χ2v) is 6.54. The highest BCUT2D eigenvalue weighted by molar-refractivity contribution is 5.81. The van der Waals surface area contributed by atoms with Crippen molar-refractivity contribution in [3.05, 3.63) is 11.6 Å². The molecule has 2 fully saturated rings. The molecule has 3 rings (SSSR count). The van der Waals surface area contributed by atoms with E-state index in [-0.39, 0.29) is 11.9 Å². The highest BCUT2D eigenvalue weighted by Crippen LogP contribution is 2.23. The lowest BCUT2D eigenvalue weighted by molar-refractivity contribution is -0.141. The van der Waals surface area contributed by atoms with Gasteiger partial charge >= 0.3 is 0 Å². The van der Waals surface area contributed by atoms with Crippen LogP contribution in [-0.2, 0) is 16.1 Å². The lowest BCUT2D eigenvalue weighted by Gasteiger charge is -2.35. The number of likely N-dealkylation sites (tertiary alicyclic amines) is 1. The van der Waals surface area contributed by atoms with Gasteiger partial charge in [-0.1, -0.05) is 0 Å². The Hall–Kier alpha value is -1.47. The number of carbonyl (C=O) groups is 1. The Morgan fingerprint density at radius 2 is 2.04 bits per heavy atom. The van der Waals surface area contributed by atoms with Crippen molar-refractivity contribution in [3.63, 3.8) is 0 Å². The maximum Gasteiger partial charge on any atom is 0.239 e. The van der Waals surface area contributed by atoms with Gasteiger partial charge in [0.05, 0.1) is 25.8 Å². The van der Waals surface area contributed by atoms with Crippen molar-refractivity contribution in [1.82, 2.24) is 24.6 Å². The Morgan fingerprint density at radius 3 is 2.70 bits per heavy atom. The topological polar surface area (TPSA) is 63.5 Å². The van der Waals surface area contributed by atoms with Crippen LogP contribution in [0, 0.1) is 13.8 Å². The number of nitrogens with zero attached hydrogens (tertiary/aromatic N) is 5. The average molecular weight is 321 g/mol. The normalized spacial score (nSPS) is 24.1. The van der Waals surface area contributed by atoms with Crippen LogP contribution in [-0.4, -0.2) is 75.4 Å². The van der Waals surface area contributed by atoms with Crippen LogP contribution in [0.5, 0.6) is 0 Å². The third kappa shape index (κ3) is 3.55. The van der Waals surface area contributed by atoms with Gasteiger partial charge in [0.25, 0.3) is 0 Å². The van der Waals surface area contributed by atoms with Crippen molar-refractivity contribution >= 4 is 5.91 Å². The van der Waals surface area contributed by atoms with E-state index >= 15 is 0 Å². The number of aryl methyl sites for hydroxylation is 2. The minimum atomic E-state index is -0.0782. The molecule has 1 aromatic heterocycles. The molecule has 0 bridgehead atoms. The molecule has 3 heterocycles. The predicted molar refractivity (Wildman–Crippen MR) is 86.1 cm³/mol. The fourth-order valence-corrected chi connectivity index (χ4v) is 3.69. The van der Waals surface area contributed by atoms with Crippen LogP contribution in [0.2, 0.25) is 0 Å². The van der Waals surface area contributed by atoms with Crippen molar-refractivity contribution in [2.24, 2.45) is 0 Å². The summed E-state index contributed by atoms with van der Waals surface area (Å²) in [5.74, 6) is 1.98. The van der Waals surface area contributed by atoms with Crippen LogP contribution in [0.1, 0.15) is 31.4 Å². The zero-order valence-corrected chi connectivity index (χ0v) is 14.4. The number of hydrogen-bond donors (Lipinski definition) is 0. The van der Waals surface area contributed by atoms with E-state index in [0.29, 0.717) is 32.3 Å². The van der Waals surface area contributed by atoms with Gasteiger partial charge in [-0.15, -0.1) is 0 Å². The van der Waals surface area contributed by atoms with Crippen LogP contribution >= 0.6 is 0 Å². The first-order valence-corrected chi connectivity index (χ1v) is 8.56. The van der Waals surface area contributed by atoms with Crippen molar-refractivity contribution < 1.29 is 9.53 Å². The lowest BCUT2D eigenvalue weighted by Crippen LogP contribution is -2.52. The number of amides is 1. The molecule has 0 aliphatic carbocycles. The summed E-state index contributed by atoms with van der Waals surface area (Å²) in [5.41, 5.74) is 0. The molecular weight excluding hydrogens is 294 g/mol. The third-order valence-electron chi connectivity index (χ3n) is 4.95. The molecule has 0 aromatic carbocycles. The van der Waals surface area contributed by atoms with E-state index < -0.39 is 0 Å². The lowest BCUT2D eigenvalue weighted by atomic mass is 10.1. The third-order valence-corrected chi connectivity index (χ3v) is 4.95. The van der Waals surface area contributed by atoms with Gasteiger partial charge in [0, 0.05) is 19.1 Å². The van der Waals surface area contributed by atoms with E-state index in [9.17, 15) is 4.79 Å². The monoisotopic (exact) mass is 321 g/mol. The summed E-state index contributed by atoms with van der Waals surface area (Å²) in [4.78, 5) is 21.4. The largest absolute Gasteiger partial charge is 0.378 e. The molecule has 0 radical (unpaired) electrons. The Bertz CT molecular complexity index is 553. The van der Waals surface area contributed by atoms with Gasteiger partial charge in [-0.3, -0.25) is 9.69 Å². The first-order valence-electron chi connectivity index (χ1n) is 8.56. The zero-order chi connectivity index (χ0) is 16.4. The number of ether oxygens (including phenoxy) is 1. The van der Waals surface area contributed by atoms with E-state index in [1.54, 1.807) is 0 Å². The summed E-state index contributed by atoms with van der Waals surface area (Å²) in [7, 11) is 0. The maximum absolute atomic E-state index is 12.7. The second-order valence-electron chi connectivity index (χ2n) is 6.54. The van der Waals surface area contributed by atoms with Gasteiger partial charge < -0.3 is 9.64 Å². The zero-order valence-electron chi connectivity index (χ0n) is 14.4. The van der Waals surface area contributed by atoms with Gasteiger partial charge in [0.1, 0.15) is 11.6 Å². The highest BCUT2D eigenvalue weighted by atomic mass is 16.5. The summed E-state index contributed by atoms with van der Waals surface area (Å²) in [6, 6.07) is 0.278. The van der Waals surface area contributed by atoms with E-state index in [2.05, 4.69) is 15.0 Å². The predicted octanol–water partition coefficient (Wildman–Crippen LogP) is 0.607. The fourth-order valence-electron chi connectivity index (χ4n) is 3.69. The van der Waals surface area contributed by atoms with E-state index in [4.69, 9.17) is 4.74 Å².